The third-order valence-electron chi connectivity index (χ3n) is 2.25. The second-order valence-electron chi connectivity index (χ2n) is 4.46. The van der Waals surface area contributed by atoms with Crippen molar-refractivity contribution in [1.82, 2.24) is 0 Å². The summed E-state index contributed by atoms with van der Waals surface area (Å²) in [5, 5.41) is 2.84. The zero-order valence-corrected chi connectivity index (χ0v) is 9.29. The van der Waals surface area contributed by atoms with Crippen LogP contribution >= 0.6 is 0 Å². The lowest BCUT2D eigenvalue weighted by Crippen LogP contribution is -2.29. The molecule has 0 unspecified atom stereocenters. The Labute approximate surface area is 90.7 Å². The average molecular weight is 206 g/mol. The lowest BCUT2D eigenvalue weighted by Gasteiger charge is -2.21. The number of para-hydroxylation sites is 1. The molecular formula is C12H18N2O. The van der Waals surface area contributed by atoms with Crippen molar-refractivity contribution < 1.29 is 4.79 Å². The van der Waals surface area contributed by atoms with Gasteiger partial charge in [0.25, 0.3) is 0 Å². The Bertz CT molecular complexity index is 320. The van der Waals surface area contributed by atoms with Crippen molar-refractivity contribution in [3.63, 3.8) is 0 Å². The molecule has 0 bridgehead atoms. The molecule has 0 aliphatic carbocycles. The van der Waals surface area contributed by atoms with Gasteiger partial charge >= 0.3 is 0 Å². The molecule has 0 aliphatic rings. The van der Waals surface area contributed by atoms with Crippen LogP contribution in [0.3, 0.4) is 0 Å². The predicted octanol–water partition coefficient (Wildman–Crippen LogP) is 2.00. The van der Waals surface area contributed by atoms with Crippen LogP contribution in [0.2, 0.25) is 0 Å². The molecule has 0 heterocycles. The van der Waals surface area contributed by atoms with Crippen molar-refractivity contribution in [1.29, 1.82) is 0 Å². The first-order valence-electron chi connectivity index (χ1n) is 5.08. The highest BCUT2D eigenvalue weighted by Crippen LogP contribution is 2.19. The molecular weight excluding hydrogens is 188 g/mol. The molecule has 0 aliphatic heterocycles. The third kappa shape index (κ3) is 4.13. The molecule has 0 fully saturated rings. The van der Waals surface area contributed by atoms with E-state index in [2.05, 4.69) is 5.32 Å². The number of rotatable bonds is 4. The highest BCUT2D eigenvalue weighted by atomic mass is 16.1. The summed E-state index contributed by atoms with van der Waals surface area (Å²) < 4.78 is 0. The molecule has 15 heavy (non-hydrogen) atoms. The van der Waals surface area contributed by atoms with Crippen molar-refractivity contribution in [2.24, 2.45) is 11.1 Å². The van der Waals surface area contributed by atoms with Crippen molar-refractivity contribution in [2.75, 3.05) is 11.9 Å². The van der Waals surface area contributed by atoms with E-state index in [4.69, 9.17) is 5.73 Å². The summed E-state index contributed by atoms with van der Waals surface area (Å²) in [7, 11) is 0. The Hall–Kier alpha value is -1.35. The molecule has 1 aromatic rings. The fourth-order valence-electron chi connectivity index (χ4n) is 1.23. The molecule has 0 spiro atoms. The molecule has 0 radical (unpaired) electrons. The largest absolute Gasteiger partial charge is 0.330 e. The second kappa shape index (κ2) is 4.94. The zero-order valence-electron chi connectivity index (χ0n) is 9.29. The molecule has 3 N–H and O–H groups in total. The minimum Gasteiger partial charge on any atom is -0.330 e. The van der Waals surface area contributed by atoms with Gasteiger partial charge in [0, 0.05) is 12.1 Å². The van der Waals surface area contributed by atoms with E-state index in [0.717, 1.165) is 5.69 Å². The Kier molecular flexibility index (Phi) is 3.86. The topological polar surface area (TPSA) is 55.1 Å². The van der Waals surface area contributed by atoms with E-state index in [1.54, 1.807) is 0 Å². The average Bonchev–Trinajstić information content (AvgIpc) is 2.18. The summed E-state index contributed by atoms with van der Waals surface area (Å²) in [6, 6.07) is 9.44. The van der Waals surface area contributed by atoms with Gasteiger partial charge in [0.15, 0.2) is 0 Å². The zero-order chi connectivity index (χ0) is 11.3. The van der Waals surface area contributed by atoms with Crippen LogP contribution in [0.1, 0.15) is 20.3 Å². The van der Waals surface area contributed by atoms with Crippen LogP contribution in [0, 0.1) is 5.41 Å². The van der Waals surface area contributed by atoms with Crippen LogP contribution in [-0.4, -0.2) is 12.5 Å². The van der Waals surface area contributed by atoms with E-state index in [0.29, 0.717) is 13.0 Å². The van der Waals surface area contributed by atoms with Crippen molar-refractivity contribution in [3.8, 4) is 0 Å². The van der Waals surface area contributed by atoms with Crippen molar-refractivity contribution in [2.45, 2.75) is 20.3 Å². The summed E-state index contributed by atoms with van der Waals surface area (Å²) in [6.45, 7) is 4.48. The highest BCUT2D eigenvalue weighted by molar-refractivity contribution is 5.91. The van der Waals surface area contributed by atoms with E-state index in [9.17, 15) is 4.79 Å². The number of hydrogen-bond donors (Lipinski definition) is 2. The van der Waals surface area contributed by atoms with Gasteiger partial charge in [-0.3, -0.25) is 4.79 Å². The summed E-state index contributed by atoms with van der Waals surface area (Å²) >= 11 is 0. The highest BCUT2D eigenvalue weighted by Gasteiger charge is 2.19. The van der Waals surface area contributed by atoms with Crippen molar-refractivity contribution >= 4 is 11.6 Å². The minimum absolute atomic E-state index is 0.0108. The van der Waals surface area contributed by atoms with Gasteiger partial charge in [-0.1, -0.05) is 32.0 Å². The minimum atomic E-state index is -0.140. The Balaban J connectivity index is 2.51. The predicted molar refractivity (Wildman–Crippen MR) is 62.5 cm³/mol. The second-order valence-corrected chi connectivity index (χ2v) is 4.46. The quantitative estimate of drug-likeness (QED) is 0.791. The van der Waals surface area contributed by atoms with Crippen LogP contribution in [-0.2, 0) is 4.79 Å². The third-order valence-corrected chi connectivity index (χ3v) is 2.25. The lowest BCUT2D eigenvalue weighted by molar-refractivity contribution is -0.117. The number of hydrogen-bond acceptors (Lipinski definition) is 2. The molecule has 0 saturated carbocycles. The number of carbonyl (C=O) groups is 1. The molecule has 0 aromatic heterocycles. The maximum Gasteiger partial charge on any atom is 0.224 e. The number of carbonyl (C=O) groups excluding carboxylic acids is 1. The maximum atomic E-state index is 11.6. The van der Waals surface area contributed by atoms with Gasteiger partial charge in [0.05, 0.1) is 0 Å². The molecule has 3 heteroatoms. The molecule has 82 valence electrons. The van der Waals surface area contributed by atoms with E-state index in [1.807, 2.05) is 44.2 Å². The number of anilines is 1. The summed E-state index contributed by atoms with van der Waals surface area (Å²) in [6.07, 6.45) is 0.443. The van der Waals surface area contributed by atoms with Gasteiger partial charge < -0.3 is 11.1 Å². The van der Waals surface area contributed by atoms with Gasteiger partial charge in [-0.15, -0.1) is 0 Å². The van der Waals surface area contributed by atoms with E-state index >= 15 is 0 Å². The summed E-state index contributed by atoms with van der Waals surface area (Å²) in [4.78, 5) is 11.6. The first-order chi connectivity index (χ1) is 7.03. The maximum absolute atomic E-state index is 11.6. The van der Waals surface area contributed by atoms with Crippen molar-refractivity contribution in [3.05, 3.63) is 30.3 Å². The first kappa shape index (κ1) is 11.7. The lowest BCUT2D eigenvalue weighted by atomic mass is 9.89. The molecule has 0 saturated heterocycles. The molecule has 1 amide bonds. The van der Waals surface area contributed by atoms with Gasteiger partial charge in [0.2, 0.25) is 5.91 Å². The number of nitrogens with two attached hydrogens (primary N) is 1. The summed E-state index contributed by atoms with van der Waals surface area (Å²) in [5.74, 6) is 0.0108. The van der Waals surface area contributed by atoms with Crippen LogP contribution < -0.4 is 11.1 Å². The SMILES string of the molecule is CC(C)(CN)CC(=O)Nc1ccccc1. The smallest absolute Gasteiger partial charge is 0.224 e. The fraction of sp³-hybridized carbons (Fsp3) is 0.417. The Morgan fingerprint density at radius 1 is 1.33 bits per heavy atom. The molecule has 1 aromatic carbocycles. The van der Waals surface area contributed by atoms with Crippen LogP contribution in [0.5, 0.6) is 0 Å². The Morgan fingerprint density at radius 3 is 2.47 bits per heavy atom. The van der Waals surface area contributed by atoms with E-state index < -0.39 is 0 Å². The van der Waals surface area contributed by atoms with Crippen LogP contribution in [0.4, 0.5) is 5.69 Å². The normalized spacial score (nSPS) is 11.1. The molecule has 1 rings (SSSR count). The molecule has 3 nitrogen and oxygen atoms in total. The van der Waals surface area contributed by atoms with Gasteiger partial charge in [-0.05, 0) is 24.1 Å². The monoisotopic (exact) mass is 206 g/mol. The molecule has 0 atom stereocenters. The van der Waals surface area contributed by atoms with Gasteiger partial charge in [-0.25, -0.2) is 0 Å². The number of amides is 1. The van der Waals surface area contributed by atoms with Gasteiger partial charge in [0.1, 0.15) is 0 Å². The standard InChI is InChI=1S/C12H18N2O/c1-12(2,9-13)8-11(15)14-10-6-4-3-5-7-10/h3-7H,8-9,13H2,1-2H3,(H,14,15). The number of benzene rings is 1. The fourth-order valence-corrected chi connectivity index (χ4v) is 1.23. The van der Waals surface area contributed by atoms with Gasteiger partial charge in [-0.2, -0.15) is 0 Å². The first-order valence-corrected chi connectivity index (χ1v) is 5.08. The van der Waals surface area contributed by atoms with E-state index in [1.165, 1.54) is 0 Å². The number of nitrogens with one attached hydrogen (secondary N) is 1. The summed E-state index contributed by atoms with van der Waals surface area (Å²) in [5.41, 5.74) is 6.26. The van der Waals surface area contributed by atoms with Crippen LogP contribution in [0.15, 0.2) is 30.3 Å². The van der Waals surface area contributed by atoms with Crippen LogP contribution in [0.25, 0.3) is 0 Å². The van der Waals surface area contributed by atoms with E-state index in [-0.39, 0.29) is 11.3 Å². The Morgan fingerprint density at radius 2 is 1.93 bits per heavy atom.